The van der Waals surface area contributed by atoms with Gasteiger partial charge in [0.25, 0.3) is 0 Å². The minimum atomic E-state index is -0.129. The average molecular weight is 249 g/mol. The molecule has 0 N–H and O–H groups in total. The van der Waals surface area contributed by atoms with Crippen LogP contribution in [0, 0.1) is 0 Å². The third-order valence-corrected chi connectivity index (χ3v) is 3.48. The van der Waals surface area contributed by atoms with Crippen LogP contribution in [0.1, 0.15) is 11.1 Å². The Labute approximate surface area is 107 Å². The summed E-state index contributed by atoms with van der Waals surface area (Å²) in [5, 5.41) is 0. The third kappa shape index (κ3) is 2.90. The topological polar surface area (TPSA) is 30.9 Å². The van der Waals surface area contributed by atoms with Crippen LogP contribution in [0.4, 0.5) is 0 Å². The van der Waals surface area contributed by atoms with E-state index in [0.29, 0.717) is 13.2 Å². The highest BCUT2D eigenvalue weighted by Crippen LogP contribution is 2.18. The summed E-state index contributed by atoms with van der Waals surface area (Å²) < 4.78 is 17.0. The quantitative estimate of drug-likeness (QED) is 0.792. The Kier molecular flexibility index (Phi) is 3.90. The molecule has 0 aliphatic carbocycles. The first-order chi connectivity index (χ1) is 8.92. The molecule has 1 fully saturated rings. The van der Waals surface area contributed by atoms with Crippen LogP contribution in [0.3, 0.4) is 0 Å². The van der Waals surface area contributed by atoms with Gasteiger partial charge in [-0.25, -0.2) is 0 Å². The van der Waals surface area contributed by atoms with Crippen LogP contribution in [0.15, 0.2) is 24.3 Å². The molecule has 2 heterocycles. The van der Waals surface area contributed by atoms with E-state index in [2.05, 4.69) is 17.0 Å². The van der Waals surface area contributed by atoms with Crippen molar-refractivity contribution in [2.24, 2.45) is 0 Å². The summed E-state index contributed by atoms with van der Waals surface area (Å²) in [7, 11) is 0. The fourth-order valence-corrected chi connectivity index (χ4v) is 2.35. The summed E-state index contributed by atoms with van der Waals surface area (Å²) in [4.78, 5) is 2.34. The molecule has 2 aliphatic heterocycles. The smallest absolute Gasteiger partial charge is 0.171 e. The summed E-state index contributed by atoms with van der Waals surface area (Å²) in [6, 6.07) is 8.31. The number of morpholine rings is 1. The Morgan fingerprint density at radius 3 is 2.22 bits per heavy atom. The average Bonchev–Trinajstić information content (AvgIpc) is 2.63. The van der Waals surface area contributed by atoms with Crippen LogP contribution in [-0.2, 0) is 27.4 Å². The minimum absolute atomic E-state index is 0.129. The van der Waals surface area contributed by atoms with Crippen LogP contribution in [-0.4, -0.2) is 44.0 Å². The second-order valence-corrected chi connectivity index (χ2v) is 4.73. The van der Waals surface area contributed by atoms with E-state index in [0.717, 1.165) is 32.8 Å². The lowest BCUT2D eigenvalue weighted by Gasteiger charge is -2.29. The standard InChI is InChI=1S/C14H19NO3/c1-2-4-13-11-18-14(17-10-12(13)3-1)9-15-5-7-16-8-6-15/h1-4,14H,5-11H2. The van der Waals surface area contributed by atoms with Gasteiger partial charge in [0.2, 0.25) is 0 Å². The van der Waals surface area contributed by atoms with Gasteiger partial charge in [-0.15, -0.1) is 0 Å². The van der Waals surface area contributed by atoms with Gasteiger partial charge < -0.3 is 14.2 Å². The molecule has 2 aliphatic rings. The van der Waals surface area contributed by atoms with E-state index in [-0.39, 0.29) is 6.29 Å². The lowest BCUT2D eigenvalue weighted by molar-refractivity contribution is -0.163. The molecule has 4 nitrogen and oxygen atoms in total. The molecule has 0 unspecified atom stereocenters. The van der Waals surface area contributed by atoms with Gasteiger partial charge in [0.1, 0.15) is 0 Å². The van der Waals surface area contributed by atoms with Gasteiger partial charge in [0, 0.05) is 19.6 Å². The van der Waals surface area contributed by atoms with Crippen molar-refractivity contribution >= 4 is 0 Å². The van der Waals surface area contributed by atoms with Crippen molar-refractivity contribution in [3.05, 3.63) is 35.4 Å². The summed E-state index contributed by atoms with van der Waals surface area (Å²) in [5.41, 5.74) is 2.48. The van der Waals surface area contributed by atoms with Crippen molar-refractivity contribution < 1.29 is 14.2 Å². The molecule has 0 atom stereocenters. The molecule has 0 amide bonds. The lowest BCUT2D eigenvalue weighted by atomic mass is 10.1. The first-order valence-electron chi connectivity index (χ1n) is 6.52. The van der Waals surface area contributed by atoms with Gasteiger partial charge in [-0.2, -0.15) is 0 Å². The molecule has 1 aromatic rings. The van der Waals surface area contributed by atoms with Crippen LogP contribution in [0.25, 0.3) is 0 Å². The van der Waals surface area contributed by atoms with E-state index in [9.17, 15) is 0 Å². The molecule has 0 radical (unpaired) electrons. The first-order valence-corrected chi connectivity index (χ1v) is 6.52. The Morgan fingerprint density at radius 1 is 1.00 bits per heavy atom. The lowest BCUT2D eigenvalue weighted by Crippen LogP contribution is -2.42. The summed E-state index contributed by atoms with van der Waals surface area (Å²) in [6.07, 6.45) is -0.129. The number of hydrogen-bond donors (Lipinski definition) is 0. The summed E-state index contributed by atoms with van der Waals surface area (Å²) in [5.74, 6) is 0. The van der Waals surface area contributed by atoms with Crippen molar-refractivity contribution in [1.29, 1.82) is 0 Å². The van der Waals surface area contributed by atoms with E-state index in [4.69, 9.17) is 14.2 Å². The molecule has 0 saturated carbocycles. The van der Waals surface area contributed by atoms with Gasteiger partial charge in [-0.1, -0.05) is 24.3 Å². The van der Waals surface area contributed by atoms with Gasteiger partial charge in [0.15, 0.2) is 6.29 Å². The zero-order valence-corrected chi connectivity index (χ0v) is 10.5. The van der Waals surface area contributed by atoms with E-state index >= 15 is 0 Å². The largest absolute Gasteiger partial charge is 0.379 e. The van der Waals surface area contributed by atoms with Crippen molar-refractivity contribution in [1.82, 2.24) is 4.90 Å². The number of benzene rings is 1. The highest BCUT2D eigenvalue weighted by atomic mass is 16.7. The van der Waals surface area contributed by atoms with Crippen LogP contribution in [0.5, 0.6) is 0 Å². The molecule has 0 spiro atoms. The van der Waals surface area contributed by atoms with Crippen molar-refractivity contribution in [2.75, 3.05) is 32.8 Å². The molecule has 3 rings (SSSR count). The maximum atomic E-state index is 5.83. The SMILES string of the molecule is c1ccc2c(c1)COC(CN1CCOCC1)OC2. The molecule has 98 valence electrons. The maximum Gasteiger partial charge on any atom is 0.171 e. The fraction of sp³-hybridized carbons (Fsp3) is 0.571. The number of rotatable bonds is 2. The molecular formula is C14H19NO3. The van der Waals surface area contributed by atoms with Crippen LogP contribution >= 0.6 is 0 Å². The van der Waals surface area contributed by atoms with Crippen molar-refractivity contribution in [2.45, 2.75) is 19.5 Å². The van der Waals surface area contributed by atoms with Crippen molar-refractivity contribution in [3.63, 3.8) is 0 Å². The maximum absolute atomic E-state index is 5.83. The predicted octanol–water partition coefficient (Wildman–Crippen LogP) is 1.39. The van der Waals surface area contributed by atoms with Gasteiger partial charge in [-0.3, -0.25) is 4.90 Å². The Hall–Kier alpha value is -0.940. The second kappa shape index (κ2) is 5.80. The molecule has 0 bridgehead atoms. The zero-order chi connectivity index (χ0) is 12.2. The fourth-order valence-electron chi connectivity index (χ4n) is 2.35. The number of ether oxygens (including phenoxy) is 3. The summed E-state index contributed by atoms with van der Waals surface area (Å²) >= 11 is 0. The number of fused-ring (bicyclic) bond motifs is 1. The van der Waals surface area contributed by atoms with Gasteiger partial charge in [0.05, 0.1) is 26.4 Å². The predicted molar refractivity (Wildman–Crippen MR) is 67.1 cm³/mol. The summed E-state index contributed by atoms with van der Waals surface area (Å²) in [6.45, 7) is 5.68. The Bertz CT molecular complexity index is 363. The second-order valence-electron chi connectivity index (χ2n) is 4.73. The van der Waals surface area contributed by atoms with E-state index in [1.165, 1.54) is 11.1 Å². The highest BCUT2D eigenvalue weighted by molar-refractivity contribution is 5.26. The molecule has 1 aromatic carbocycles. The van der Waals surface area contributed by atoms with Crippen molar-refractivity contribution in [3.8, 4) is 0 Å². The first kappa shape index (κ1) is 12.1. The van der Waals surface area contributed by atoms with Crippen LogP contribution in [0.2, 0.25) is 0 Å². The Balaban J connectivity index is 1.57. The normalized spacial score (nSPS) is 22.4. The van der Waals surface area contributed by atoms with E-state index in [1.54, 1.807) is 0 Å². The van der Waals surface area contributed by atoms with E-state index in [1.807, 2.05) is 12.1 Å². The van der Waals surface area contributed by atoms with Gasteiger partial charge >= 0.3 is 0 Å². The molecule has 18 heavy (non-hydrogen) atoms. The minimum Gasteiger partial charge on any atom is -0.379 e. The molecule has 1 saturated heterocycles. The highest BCUT2D eigenvalue weighted by Gasteiger charge is 2.20. The van der Waals surface area contributed by atoms with Gasteiger partial charge in [-0.05, 0) is 11.1 Å². The Morgan fingerprint density at radius 2 is 1.61 bits per heavy atom. The number of nitrogens with zero attached hydrogens (tertiary/aromatic N) is 1. The molecule has 4 heteroatoms. The molecule has 0 aromatic heterocycles. The third-order valence-electron chi connectivity index (χ3n) is 3.48. The molecular weight excluding hydrogens is 230 g/mol. The monoisotopic (exact) mass is 249 g/mol. The zero-order valence-electron chi connectivity index (χ0n) is 10.5. The number of hydrogen-bond acceptors (Lipinski definition) is 4. The van der Waals surface area contributed by atoms with Crippen LogP contribution < -0.4 is 0 Å². The van der Waals surface area contributed by atoms with E-state index < -0.39 is 0 Å².